The fraction of sp³-hybridized carbons (Fsp3) is 0.500. The van der Waals surface area contributed by atoms with E-state index in [0.29, 0.717) is 25.3 Å². The van der Waals surface area contributed by atoms with Crippen LogP contribution >= 0.6 is 12.4 Å². The first-order valence-corrected chi connectivity index (χ1v) is 6.66. The van der Waals surface area contributed by atoms with Gasteiger partial charge in [0.1, 0.15) is 17.7 Å². The summed E-state index contributed by atoms with van der Waals surface area (Å²) < 4.78 is 18.3. The number of halogens is 2. The monoisotopic (exact) mass is 318 g/mol. The summed E-state index contributed by atoms with van der Waals surface area (Å²) in [6.07, 6.45) is -0.256. The molecule has 7 heteroatoms. The molecule has 1 aliphatic rings. The average Bonchev–Trinajstić information content (AvgIpc) is 2.85. The number of rotatable bonds is 5. The van der Waals surface area contributed by atoms with Crippen molar-refractivity contribution in [3.63, 3.8) is 0 Å². The summed E-state index contributed by atoms with van der Waals surface area (Å²) >= 11 is 0. The molecule has 1 aromatic rings. The minimum atomic E-state index is -0.460. The lowest BCUT2D eigenvalue weighted by molar-refractivity contribution is -0.123. The van der Waals surface area contributed by atoms with Gasteiger partial charge in [-0.1, -0.05) is 0 Å². The molecule has 1 aliphatic heterocycles. The Morgan fingerprint density at radius 2 is 2.19 bits per heavy atom. The number of β-amino-alcohol motifs (C(OH)–C–C–N with tert-alkyl or cyclic N) is 1. The minimum Gasteiger partial charge on any atom is -0.489 e. The molecule has 1 aromatic carbocycles. The van der Waals surface area contributed by atoms with Crippen LogP contribution in [0.15, 0.2) is 24.3 Å². The number of aliphatic hydroxyl groups is 1. The molecular formula is C14H20ClFN2O3. The van der Waals surface area contributed by atoms with Crippen LogP contribution in [0, 0.1) is 5.82 Å². The first-order valence-electron chi connectivity index (χ1n) is 6.66. The van der Waals surface area contributed by atoms with Crippen LogP contribution in [-0.4, -0.2) is 42.4 Å². The maximum atomic E-state index is 12.7. The van der Waals surface area contributed by atoms with Gasteiger partial charge in [0.05, 0.1) is 18.7 Å². The van der Waals surface area contributed by atoms with E-state index < -0.39 is 6.10 Å². The third-order valence-corrected chi connectivity index (χ3v) is 3.14. The van der Waals surface area contributed by atoms with Gasteiger partial charge < -0.3 is 20.5 Å². The number of aliphatic hydroxyl groups excluding tert-OH is 1. The lowest BCUT2D eigenvalue weighted by atomic mass is 10.2. The lowest BCUT2D eigenvalue weighted by Gasteiger charge is -2.17. The van der Waals surface area contributed by atoms with E-state index in [4.69, 9.17) is 4.74 Å². The Kier molecular flexibility index (Phi) is 6.87. The van der Waals surface area contributed by atoms with Crippen molar-refractivity contribution in [2.75, 3.05) is 13.1 Å². The van der Waals surface area contributed by atoms with Crippen molar-refractivity contribution in [2.45, 2.75) is 31.6 Å². The molecule has 3 atom stereocenters. The number of carbonyl (C=O) groups excluding carboxylic acids is 1. The predicted molar refractivity (Wildman–Crippen MR) is 79.2 cm³/mol. The standard InChI is InChI=1S/C14H19FN2O3.ClH/c1-9(20-12-4-2-10(15)3-5-12)7-17-14(19)13-6-11(18)8-16-13;/h2-5,9,11,13,16,18H,6-8H2,1H3,(H,17,19);1H. The normalized spacial score (nSPS) is 22.2. The number of amides is 1. The van der Waals surface area contributed by atoms with Crippen molar-refractivity contribution >= 4 is 18.3 Å². The van der Waals surface area contributed by atoms with Crippen molar-refractivity contribution in [2.24, 2.45) is 0 Å². The van der Waals surface area contributed by atoms with Crippen molar-refractivity contribution in [1.29, 1.82) is 0 Å². The lowest BCUT2D eigenvalue weighted by Crippen LogP contribution is -2.43. The van der Waals surface area contributed by atoms with Crippen molar-refractivity contribution in [1.82, 2.24) is 10.6 Å². The Bertz CT molecular complexity index is 458. The molecule has 118 valence electrons. The molecule has 1 saturated heterocycles. The van der Waals surface area contributed by atoms with Gasteiger partial charge in [-0.3, -0.25) is 4.79 Å². The van der Waals surface area contributed by atoms with Gasteiger partial charge in [-0.25, -0.2) is 4.39 Å². The average molecular weight is 319 g/mol. The Balaban J connectivity index is 0.00000220. The molecule has 3 N–H and O–H groups in total. The third-order valence-electron chi connectivity index (χ3n) is 3.14. The summed E-state index contributed by atoms with van der Waals surface area (Å²) in [6.45, 7) is 2.62. The Labute approximate surface area is 129 Å². The quantitative estimate of drug-likeness (QED) is 0.753. The third kappa shape index (κ3) is 5.49. The maximum Gasteiger partial charge on any atom is 0.237 e. The highest BCUT2D eigenvalue weighted by atomic mass is 35.5. The number of hydrogen-bond acceptors (Lipinski definition) is 4. The van der Waals surface area contributed by atoms with E-state index in [1.165, 1.54) is 12.1 Å². The van der Waals surface area contributed by atoms with E-state index in [9.17, 15) is 14.3 Å². The van der Waals surface area contributed by atoms with Gasteiger partial charge in [0.15, 0.2) is 0 Å². The molecule has 5 nitrogen and oxygen atoms in total. The Morgan fingerprint density at radius 3 is 2.76 bits per heavy atom. The highest BCUT2D eigenvalue weighted by Gasteiger charge is 2.27. The number of carbonyl (C=O) groups is 1. The molecule has 2 rings (SSSR count). The van der Waals surface area contributed by atoms with E-state index in [2.05, 4.69) is 10.6 Å². The highest BCUT2D eigenvalue weighted by Crippen LogP contribution is 2.13. The summed E-state index contributed by atoms with van der Waals surface area (Å²) in [5.74, 6) is 0.0999. The summed E-state index contributed by atoms with van der Waals surface area (Å²) in [4.78, 5) is 11.8. The molecule has 0 saturated carbocycles. The zero-order valence-electron chi connectivity index (χ0n) is 11.7. The smallest absolute Gasteiger partial charge is 0.237 e. The van der Waals surface area contributed by atoms with Crippen LogP contribution in [0.25, 0.3) is 0 Å². The maximum absolute atomic E-state index is 12.7. The van der Waals surface area contributed by atoms with Gasteiger partial charge in [0.25, 0.3) is 0 Å². The van der Waals surface area contributed by atoms with Crippen molar-refractivity contribution in [3.05, 3.63) is 30.1 Å². The molecule has 3 unspecified atom stereocenters. The van der Waals surface area contributed by atoms with Gasteiger partial charge in [-0.2, -0.15) is 0 Å². The number of ether oxygens (including phenoxy) is 1. The summed E-state index contributed by atoms with van der Waals surface area (Å²) in [5.41, 5.74) is 0. The van der Waals surface area contributed by atoms with Crippen molar-refractivity contribution in [3.8, 4) is 5.75 Å². The van der Waals surface area contributed by atoms with Gasteiger partial charge in [0, 0.05) is 6.54 Å². The molecular weight excluding hydrogens is 299 g/mol. The van der Waals surface area contributed by atoms with Crippen LogP contribution in [0.2, 0.25) is 0 Å². The fourth-order valence-electron chi connectivity index (χ4n) is 2.07. The van der Waals surface area contributed by atoms with Gasteiger partial charge in [0.2, 0.25) is 5.91 Å². The van der Waals surface area contributed by atoms with Crippen LogP contribution in [0.5, 0.6) is 5.75 Å². The van der Waals surface area contributed by atoms with E-state index in [1.807, 2.05) is 6.92 Å². The predicted octanol–water partition coefficient (Wildman–Crippen LogP) is 0.854. The molecule has 0 aromatic heterocycles. The van der Waals surface area contributed by atoms with E-state index in [1.54, 1.807) is 12.1 Å². The van der Waals surface area contributed by atoms with Crippen molar-refractivity contribution < 1.29 is 19.0 Å². The SMILES string of the molecule is CC(CNC(=O)C1CC(O)CN1)Oc1ccc(F)cc1.Cl. The Morgan fingerprint density at radius 1 is 1.52 bits per heavy atom. The molecule has 1 amide bonds. The molecule has 1 heterocycles. The van der Waals surface area contributed by atoms with Crippen LogP contribution in [0.3, 0.4) is 0 Å². The van der Waals surface area contributed by atoms with Gasteiger partial charge >= 0.3 is 0 Å². The minimum absolute atomic E-state index is 0. The largest absolute Gasteiger partial charge is 0.489 e. The first kappa shape index (κ1) is 17.7. The second kappa shape index (κ2) is 8.17. The summed E-state index contributed by atoms with van der Waals surface area (Å²) in [7, 11) is 0. The number of hydrogen-bond donors (Lipinski definition) is 3. The Hall–Kier alpha value is -1.37. The molecule has 21 heavy (non-hydrogen) atoms. The molecule has 1 fully saturated rings. The van der Waals surface area contributed by atoms with E-state index >= 15 is 0 Å². The van der Waals surface area contributed by atoms with E-state index in [-0.39, 0.29) is 36.3 Å². The molecule has 0 radical (unpaired) electrons. The second-order valence-electron chi connectivity index (χ2n) is 4.98. The number of nitrogens with one attached hydrogen (secondary N) is 2. The first-order chi connectivity index (χ1) is 9.54. The van der Waals surface area contributed by atoms with Crippen LogP contribution in [0.4, 0.5) is 4.39 Å². The summed E-state index contributed by atoms with van der Waals surface area (Å²) in [6, 6.07) is 5.39. The fourth-order valence-corrected chi connectivity index (χ4v) is 2.07. The van der Waals surface area contributed by atoms with Crippen LogP contribution in [0.1, 0.15) is 13.3 Å². The van der Waals surface area contributed by atoms with Gasteiger partial charge in [-0.15, -0.1) is 12.4 Å². The molecule has 0 spiro atoms. The second-order valence-corrected chi connectivity index (χ2v) is 4.98. The molecule has 0 bridgehead atoms. The zero-order valence-corrected chi connectivity index (χ0v) is 12.5. The highest BCUT2D eigenvalue weighted by molar-refractivity contribution is 5.85. The summed E-state index contributed by atoms with van der Waals surface area (Å²) in [5, 5.41) is 15.1. The topological polar surface area (TPSA) is 70.6 Å². The van der Waals surface area contributed by atoms with Crippen LogP contribution < -0.4 is 15.4 Å². The molecule has 0 aliphatic carbocycles. The zero-order chi connectivity index (χ0) is 14.5. The van der Waals surface area contributed by atoms with Gasteiger partial charge in [-0.05, 0) is 37.6 Å². The van der Waals surface area contributed by atoms with Crippen LogP contribution in [-0.2, 0) is 4.79 Å². The van der Waals surface area contributed by atoms with E-state index in [0.717, 1.165) is 0 Å². The number of benzene rings is 1.